The first-order valence-corrected chi connectivity index (χ1v) is 12.9. The summed E-state index contributed by atoms with van der Waals surface area (Å²) >= 11 is 0. The van der Waals surface area contributed by atoms with Gasteiger partial charge < -0.3 is 24.6 Å². The molecule has 0 unspecified atom stereocenters. The number of esters is 1. The van der Waals surface area contributed by atoms with Crippen LogP contribution in [0.15, 0.2) is 72.8 Å². The first kappa shape index (κ1) is 26.7. The van der Waals surface area contributed by atoms with Gasteiger partial charge in [0, 0.05) is 31.7 Å². The molecule has 0 atom stereocenters. The Hall–Kier alpha value is -4.33. The van der Waals surface area contributed by atoms with Crippen molar-refractivity contribution in [1.82, 2.24) is 4.90 Å². The fraction of sp³-hybridized carbons (Fsp3) is 0.300. The van der Waals surface area contributed by atoms with E-state index in [1.165, 1.54) is 5.56 Å². The molecular formula is C30H33N3O5. The molecular weight excluding hydrogens is 482 g/mol. The number of benzene rings is 3. The summed E-state index contributed by atoms with van der Waals surface area (Å²) in [6, 6.07) is 22.0. The summed E-state index contributed by atoms with van der Waals surface area (Å²) < 4.78 is 10.8. The van der Waals surface area contributed by atoms with Crippen LogP contribution in [-0.2, 0) is 16.0 Å². The van der Waals surface area contributed by atoms with Crippen LogP contribution in [0.1, 0.15) is 40.1 Å². The largest absolute Gasteiger partial charge is 0.484 e. The zero-order valence-corrected chi connectivity index (χ0v) is 21.8. The van der Waals surface area contributed by atoms with Gasteiger partial charge in [0.1, 0.15) is 5.75 Å². The minimum Gasteiger partial charge on any atom is -0.484 e. The lowest BCUT2D eigenvalue weighted by atomic mass is 10.1. The Bertz CT molecular complexity index is 1250. The standard InChI is InChI=1S/C30H33N3O5/c1-3-22-10-13-25(14-11-22)38-21-28(34)31-26-20-24(30(36)37-4-2)12-15-27(26)32-16-18-33(19-17-32)29(35)23-8-6-5-7-9-23/h5-15,20H,3-4,16-19,21H2,1-2H3,(H,31,34). The molecule has 8 nitrogen and oxygen atoms in total. The number of rotatable bonds is 9. The van der Waals surface area contributed by atoms with Gasteiger partial charge in [0.05, 0.1) is 23.5 Å². The maximum atomic E-state index is 12.8. The number of carbonyl (C=O) groups excluding carboxylic acids is 3. The second kappa shape index (κ2) is 12.8. The monoisotopic (exact) mass is 515 g/mol. The Morgan fingerprint density at radius 3 is 2.21 bits per heavy atom. The minimum absolute atomic E-state index is 0.000512. The van der Waals surface area contributed by atoms with Gasteiger partial charge in [-0.1, -0.05) is 37.3 Å². The van der Waals surface area contributed by atoms with E-state index in [0.717, 1.165) is 12.1 Å². The number of hydrogen-bond donors (Lipinski definition) is 1. The lowest BCUT2D eigenvalue weighted by Gasteiger charge is -2.37. The van der Waals surface area contributed by atoms with Crippen LogP contribution >= 0.6 is 0 Å². The van der Waals surface area contributed by atoms with E-state index in [-0.39, 0.29) is 25.0 Å². The lowest BCUT2D eigenvalue weighted by molar-refractivity contribution is -0.118. The second-order valence-corrected chi connectivity index (χ2v) is 8.93. The minimum atomic E-state index is -0.458. The molecule has 0 bridgehead atoms. The van der Waals surface area contributed by atoms with Gasteiger partial charge in [-0.05, 0) is 61.4 Å². The van der Waals surface area contributed by atoms with Crippen molar-refractivity contribution < 1.29 is 23.9 Å². The van der Waals surface area contributed by atoms with Gasteiger partial charge in [-0.15, -0.1) is 0 Å². The fourth-order valence-corrected chi connectivity index (χ4v) is 4.32. The van der Waals surface area contributed by atoms with Crippen molar-refractivity contribution in [2.75, 3.05) is 49.6 Å². The molecule has 0 aliphatic carbocycles. The second-order valence-electron chi connectivity index (χ2n) is 8.93. The van der Waals surface area contributed by atoms with Gasteiger partial charge in [-0.3, -0.25) is 9.59 Å². The van der Waals surface area contributed by atoms with Gasteiger partial charge >= 0.3 is 5.97 Å². The third-order valence-electron chi connectivity index (χ3n) is 6.41. The van der Waals surface area contributed by atoms with Crippen molar-refractivity contribution in [1.29, 1.82) is 0 Å². The van der Waals surface area contributed by atoms with Crippen LogP contribution in [0.4, 0.5) is 11.4 Å². The lowest BCUT2D eigenvalue weighted by Crippen LogP contribution is -2.49. The summed E-state index contributed by atoms with van der Waals surface area (Å²) in [5.41, 5.74) is 3.46. The zero-order valence-electron chi connectivity index (χ0n) is 21.8. The molecule has 0 radical (unpaired) electrons. The van der Waals surface area contributed by atoms with Crippen molar-refractivity contribution in [2.45, 2.75) is 20.3 Å². The fourth-order valence-electron chi connectivity index (χ4n) is 4.32. The molecule has 0 spiro atoms. The van der Waals surface area contributed by atoms with Crippen LogP contribution in [0.25, 0.3) is 0 Å². The molecule has 4 rings (SSSR count). The molecule has 38 heavy (non-hydrogen) atoms. The number of amides is 2. The van der Waals surface area contributed by atoms with Crippen molar-refractivity contribution in [2.24, 2.45) is 0 Å². The first-order chi connectivity index (χ1) is 18.5. The number of nitrogens with zero attached hydrogens (tertiary/aromatic N) is 2. The molecule has 1 aliphatic heterocycles. The van der Waals surface area contributed by atoms with Gasteiger partial charge in [0.15, 0.2) is 6.61 Å². The molecule has 8 heteroatoms. The van der Waals surface area contributed by atoms with E-state index in [9.17, 15) is 14.4 Å². The van der Waals surface area contributed by atoms with Crippen LogP contribution < -0.4 is 15.0 Å². The Balaban J connectivity index is 1.45. The number of nitrogens with one attached hydrogen (secondary N) is 1. The average Bonchev–Trinajstić information content (AvgIpc) is 2.96. The summed E-state index contributed by atoms with van der Waals surface area (Å²) in [7, 11) is 0. The quantitative estimate of drug-likeness (QED) is 0.425. The summed E-state index contributed by atoms with van der Waals surface area (Å²) in [6.07, 6.45) is 0.926. The number of carbonyl (C=O) groups is 3. The van der Waals surface area contributed by atoms with Crippen molar-refractivity contribution in [3.63, 3.8) is 0 Å². The van der Waals surface area contributed by atoms with Crippen LogP contribution in [0.5, 0.6) is 5.75 Å². The number of hydrogen-bond acceptors (Lipinski definition) is 6. The highest BCUT2D eigenvalue weighted by Crippen LogP contribution is 2.29. The molecule has 1 fully saturated rings. The highest BCUT2D eigenvalue weighted by Gasteiger charge is 2.24. The maximum absolute atomic E-state index is 12.8. The molecule has 3 aromatic carbocycles. The average molecular weight is 516 g/mol. The smallest absolute Gasteiger partial charge is 0.338 e. The predicted molar refractivity (Wildman–Crippen MR) is 147 cm³/mol. The molecule has 1 saturated heterocycles. The summed E-state index contributed by atoms with van der Waals surface area (Å²) in [6.45, 7) is 6.15. The molecule has 0 saturated carbocycles. The van der Waals surface area contributed by atoms with Gasteiger partial charge in [0.2, 0.25) is 0 Å². The van der Waals surface area contributed by atoms with Crippen LogP contribution in [-0.4, -0.2) is 62.1 Å². The van der Waals surface area contributed by atoms with E-state index < -0.39 is 5.97 Å². The Morgan fingerprint density at radius 2 is 1.55 bits per heavy atom. The summed E-state index contributed by atoms with van der Waals surface area (Å²) in [5.74, 6) is -0.192. The van der Waals surface area contributed by atoms with E-state index in [1.54, 1.807) is 25.1 Å². The zero-order chi connectivity index (χ0) is 26.9. The number of aryl methyl sites for hydroxylation is 1. The number of ether oxygens (including phenoxy) is 2. The van der Waals surface area contributed by atoms with E-state index in [1.807, 2.05) is 59.5 Å². The van der Waals surface area contributed by atoms with Crippen molar-refractivity contribution in [3.8, 4) is 5.75 Å². The highest BCUT2D eigenvalue weighted by atomic mass is 16.5. The molecule has 198 valence electrons. The Labute approximate surface area is 223 Å². The molecule has 1 aliphatic rings. The number of piperazine rings is 1. The van der Waals surface area contributed by atoms with E-state index in [2.05, 4.69) is 17.1 Å². The van der Waals surface area contributed by atoms with Crippen LogP contribution in [0, 0.1) is 0 Å². The SMILES string of the molecule is CCOC(=O)c1ccc(N2CCN(C(=O)c3ccccc3)CC2)c(NC(=O)COc2ccc(CC)cc2)c1. The summed E-state index contributed by atoms with van der Waals surface area (Å²) in [5, 5.41) is 2.90. The molecule has 0 aromatic heterocycles. The van der Waals surface area contributed by atoms with Crippen molar-refractivity contribution in [3.05, 3.63) is 89.5 Å². The highest BCUT2D eigenvalue weighted by molar-refractivity contribution is 5.99. The van der Waals surface area contributed by atoms with E-state index >= 15 is 0 Å². The Morgan fingerprint density at radius 1 is 0.842 bits per heavy atom. The third kappa shape index (κ3) is 6.70. The molecule has 3 aromatic rings. The van der Waals surface area contributed by atoms with E-state index in [4.69, 9.17) is 9.47 Å². The van der Waals surface area contributed by atoms with Gasteiger partial charge in [-0.2, -0.15) is 0 Å². The topological polar surface area (TPSA) is 88.2 Å². The number of anilines is 2. The molecule has 1 N–H and O–H groups in total. The van der Waals surface area contributed by atoms with E-state index in [0.29, 0.717) is 48.7 Å². The maximum Gasteiger partial charge on any atom is 0.338 e. The van der Waals surface area contributed by atoms with Gasteiger partial charge in [-0.25, -0.2) is 4.79 Å². The first-order valence-electron chi connectivity index (χ1n) is 12.9. The Kier molecular flexibility index (Phi) is 8.98. The molecule has 2 amide bonds. The predicted octanol–water partition coefficient (Wildman–Crippen LogP) is 4.41. The van der Waals surface area contributed by atoms with Crippen LogP contribution in [0.2, 0.25) is 0 Å². The normalized spacial score (nSPS) is 13.1. The molecule has 1 heterocycles. The van der Waals surface area contributed by atoms with Crippen LogP contribution in [0.3, 0.4) is 0 Å². The summed E-state index contributed by atoms with van der Waals surface area (Å²) in [4.78, 5) is 42.0. The van der Waals surface area contributed by atoms with Crippen molar-refractivity contribution >= 4 is 29.2 Å². The third-order valence-corrected chi connectivity index (χ3v) is 6.41. The van der Waals surface area contributed by atoms with Gasteiger partial charge in [0.25, 0.3) is 11.8 Å².